The fraction of sp³-hybridized carbons (Fsp3) is 0.400. The lowest BCUT2D eigenvalue weighted by molar-refractivity contribution is 0.614. The molecule has 0 unspecified atom stereocenters. The molecule has 0 fully saturated rings. The molecular weight excluding hydrogens is 243 g/mol. The van der Waals surface area contributed by atoms with Crippen LogP contribution in [-0.2, 0) is 6.54 Å². The van der Waals surface area contributed by atoms with Crippen molar-refractivity contribution in [1.82, 2.24) is 15.0 Å². The summed E-state index contributed by atoms with van der Waals surface area (Å²) in [5.41, 5.74) is 0.405. The molecule has 0 aliphatic rings. The molecular formula is C5H5IN4. The Bertz CT molecular complexity index is 272. The lowest BCUT2D eigenvalue weighted by Crippen LogP contribution is -1.98. The second-order valence-corrected chi connectivity index (χ2v) is 2.68. The van der Waals surface area contributed by atoms with Crippen LogP contribution in [0.1, 0.15) is 12.6 Å². The molecule has 1 aromatic rings. The lowest BCUT2D eigenvalue weighted by atomic mass is 10.5. The van der Waals surface area contributed by atoms with Gasteiger partial charge in [0.15, 0.2) is 5.69 Å². The molecule has 1 aromatic heterocycles. The van der Waals surface area contributed by atoms with Gasteiger partial charge in [-0.1, -0.05) is 5.21 Å². The third-order valence-electron chi connectivity index (χ3n) is 1.08. The molecule has 1 heterocycles. The highest BCUT2D eigenvalue weighted by atomic mass is 127. The monoisotopic (exact) mass is 248 g/mol. The average molecular weight is 248 g/mol. The van der Waals surface area contributed by atoms with Crippen LogP contribution >= 0.6 is 22.6 Å². The fourth-order valence-corrected chi connectivity index (χ4v) is 1.24. The largest absolute Gasteiger partial charge is 0.238 e. The summed E-state index contributed by atoms with van der Waals surface area (Å²) in [6.07, 6.45) is 0. The molecule has 10 heavy (non-hydrogen) atoms. The van der Waals surface area contributed by atoms with Gasteiger partial charge in [0.1, 0.15) is 9.77 Å². The first-order valence-corrected chi connectivity index (χ1v) is 3.86. The van der Waals surface area contributed by atoms with E-state index in [9.17, 15) is 0 Å². The van der Waals surface area contributed by atoms with Gasteiger partial charge < -0.3 is 0 Å². The standard InChI is InChI=1S/C5H5IN4/c1-2-10-5(6)4(3-7)8-9-10/h2H2,1H3. The zero-order chi connectivity index (χ0) is 7.56. The number of aryl methyl sites for hydroxylation is 1. The van der Waals surface area contributed by atoms with Crippen molar-refractivity contribution in [1.29, 1.82) is 5.26 Å². The zero-order valence-electron chi connectivity index (χ0n) is 5.37. The van der Waals surface area contributed by atoms with Crippen LogP contribution in [-0.4, -0.2) is 15.0 Å². The molecule has 0 saturated carbocycles. The number of nitrogens with zero attached hydrogens (tertiary/aromatic N) is 4. The molecule has 0 aliphatic carbocycles. The normalized spacial score (nSPS) is 9.30. The SMILES string of the molecule is CCn1nnc(C#N)c1I. The first-order valence-electron chi connectivity index (χ1n) is 2.78. The van der Waals surface area contributed by atoms with E-state index in [0.717, 1.165) is 10.2 Å². The Morgan fingerprint density at radius 2 is 2.50 bits per heavy atom. The molecule has 4 nitrogen and oxygen atoms in total. The molecule has 0 spiro atoms. The van der Waals surface area contributed by atoms with Gasteiger partial charge in [0.2, 0.25) is 0 Å². The van der Waals surface area contributed by atoms with Crippen LogP contribution < -0.4 is 0 Å². The van der Waals surface area contributed by atoms with Gasteiger partial charge in [0.05, 0.1) is 0 Å². The minimum Gasteiger partial charge on any atom is -0.238 e. The Morgan fingerprint density at radius 1 is 1.80 bits per heavy atom. The quantitative estimate of drug-likeness (QED) is 0.690. The number of halogens is 1. The Labute approximate surface area is 72.0 Å². The van der Waals surface area contributed by atoms with Gasteiger partial charge in [0, 0.05) is 6.54 Å². The highest BCUT2D eigenvalue weighted by Gasteiger charge is 2.05. The summed E-state index contributed by atoms with van der Waals surface area (Å²) in [4.78, 5) is 0. The van der Waals surface area contributed by atoms with Crippen molar-refractivity contribution in [2.45, 2.75) is 13.5 Å². The number of nitriles is 1. The number of hydrogen-bond donors (Lipinski definition) is 0. The molecule has 0 aromatic carbocycles. The highest BCUT2D eigenvalue weighted by Crippen LogP contribution is 2.06. The Morgan fingerprint density at radius 3 is 2.80 bits per heavy atom. The average Bonchev–Trinajstić information content (AvgIpc) is 2.30. The third-order valence-corrected chi connectivity index (χ3v) is 2.15. The van der Waals surface area contributed by atoms with Crippen LogP contribution in [0.5, 0.6) is 0 Å². The van der Waals surface area contributed by atoms with Crippen LogP contribution in [0.4, 0.5) is 0 Å². The smallest absolute Gasteiger partial charge is 0.196 e. The van der Waals surface area contributed by atoms with Gasteiger partial charge in [-0.3, -0.25) is 0 Å². The summed E-state index contributed by atoms with van der Waals surface area (Å²) in [5.74, 6) is 0. The molecule has 0 amide bonds. The molecule has 0 atom stereocenters. The molecule has 5 heteroatoms. The molecule has 1 rings (SSSR count). The molecule has 52 valence electrons. The van der Waals surface area contributed by atoms with E-state index in [4.69, 9.17) is 5.26 Å². The second kappa shape index (κ2) is 2.96. The van der Waals surface area contributed by atoms with Crippen molar-refractivity contribution in [2.75, 3.05) is 0 Å². The summed E-state index contributed by atoms with van der Waals surface area (Å²) in [7, 11) is 0. The predicted molar refractivity (Wildman–Crippen MR) is 43.1 cm³/mol. The maximum atomic E-state index is 8.46. The van der Waals surface area contributed by atoms with Crippen molar-refractivity contribution in [3.8, 4) is 6.07 Å². The summed E-state index contributed by atoms with van der Waals surface area (Å²) in [6, 6.07) is 1.95. The molecule has 0 bridgehead atoms. The molecule has 0 N–H and O–H groups in total. The van der Waals surface area contributed by atoms with Gasteiger partial charge in [-0.2, -0.15) is 5.26 Å². The molecule has 0 saturated heterocycles. The van der Waals surface area contributed by atoms with Gasteiger partial charge >= 0.3 is 0 Å². The zero-order valence-corrected chi connectivity index (χ0v) is 7.53. The van der Waals surface area contributed by atoms with E-state index in [2.05, 4.69) is 32.9 Å². The minimum absolute atomic E-state index is 0.405. The predicted octanol–water partition coefficient (Wildman–Crippen LogP) is 0.774. The second-order valence-electron chi connectivity index (χ2n) is 1.66. The van der Waals surface area contributed by atoms with Crippen LogP contribution in [0.2, 0.25) is 0 Å². The summed E-state index contributed by atoms with van der Waals surface area (Å²) in [5, 5.41) is 15.8. The van der Waals surface area contributed by atoms with E-state index in [0.29, 0.717) is 5.69 Å². The van der Waals surface area contributed by atoms with Gasteiger partial charge in [-0.05, 0) is 29.5 Å². The van der Waals surface area contributed by atoms with E-state index in [1.807, 2.05) is 13.0 Å². The Hall–Kier alpha value is -0.640. The maximum Gasteiger partial charge on any atom is 0.196 e. The van der Waals surface area contributed by atoms with Crippen LogP contribution in [0.25, 0.3) is 0 Å². The van der Waals surface area contributed by atoms with E-state index < -0.39 is 0 Å². The minimum atomic E-state index is 0.405. The van der Waals surface area contributed by atoms with E-state index in [1.54, 1.807) is 4.68 Å². The highest BCUT2D eigenvalue weighted by molar-refractivity contribution is 14.1. The van der Waals surface area contributed by atoms with Gasteiger partial charge in [0.25, 0.3) is 0 Å². The Balaban J connectivity index is 3.12. The van der Waals surface area contributed by atoms with Crippen LogP contribution in [0.15, 0.2) is 0 Å². The number of hydrogen-bond acceptors (Lipinski definition) is 3. The fourth-order valence-electron chi connectivity index (χ4n) is 0.572. The molecule has 0 radical (unpaired) electrons. The first-order chi connectivity index (χ1) is 4.79. The lowest BCUT2D eigenvalue weighted by Gasteiger charge is -1.91. The van der Waals surface area contributed by atoms with Crippen molar-refractivity contribution in [3.05, 3.63) is 9.39 Å². The summed E-state index contributed by atoms with van der Waals surface area (Å²) in [6.45, 7) is 2.71. The Kier molecular flexibility index (Phi) is 2.21. The maximum absolute atomic E-state index is 8.46. The summed E-state index contributed by atoms with van der Waals surface area (Å²) < 4.78 is 2.49. The van der Waals surface area contributed by atoms with Crippen LogP contribution in [0, 0.1) is 15.0 Å². The third kappa shape index (κ3) is 1.11. The van der Waals surface area contributed by atoms with Crippen molar-refractivity contribution in [2.24, 2.45) is 0 Å². The van der Waals surface area contributed by atoms with Gasteiger partial charge in [-0.25, -0.2) is 4.68 Å². The van der Waals surface area contributed by atoms with Gasteiger partial charge in [-0.15, -0.1) is 5.10 Å². The topological polar surface area (TPSA) is 54.5 Å². The van der Waals surface area contributed by atoms with Crippen molar-refractivity contribution >= 4 is 22.6 Å². The van der Waals surface area contributed by atoms with Crippen molar-refractivity contribution in [3.63, 3.8) is 0 Å². The van der Waals surface area contributed by atoms with E-state index in [1.165, 1.54) is 0 Å². The van der Waals surface area contributed by atoms with Crippen LogP contribution in [0.3, 0.4) is 0 Å². The van der Waals surface area contributed by atoms with E-state index >= 15 is 0 Å². The number of rotatable bonds is 1. The first kappa shape index (κ1) is 7.47. The van der Waals surface area contributed by atoms with E-state index in [-0.39, 0.29) is 0 Å². The number of aromatic nitrogens is 3. The summed E-state index contributed by atoms with van der Waals surface area (Å²) >= 11 is 2.05. The molecule has 0 aliphatic heterocycles. The van der Waals surface area contributed by atoms with Crippen molar-refractivity contribution < 1.29 is 0 Å².